The van der Waals surface area contributed by atoms with E-state index >= 15 is 0 Å². The van der Waals surface area contributed by atoms with Crippen molar-refractivity contribution >= 4 is 11.8 Å². The lowest BCUT2D eigenvalue weighted by molar-refractivity contribution is -0.145. The van der Waals surface area contributed by atoms with E-state index in [9.17, 15) is 9.59 Å². The third kappa shape index (κ3) is 3.61. The number of hydrogen-bond acceptors (Lipinski definition) is 3. The summed E-state index contributed by atoms with van der Waals surface area (Å²) in [5.74, 6) is -0.0417. The van der Waals surface area contributed by atoms with Gasteiger partial charge in [0, 0.05) is 25.6 Å². The minimum absolute atomic E-state index is 0.0556. The lowest BCUT2D eigenvalue weighted by atomic mass is 9.97. The first-order valence-electron chi connectivity index (χ1n) is 7.38. The summed E-state index contributed by atoms with van der Waals surface area (Å²) in [6.45, 7) is 4.96. The van der Waals surface area contributed by atoms with Crippen LogP contribution < -0.4 is 11.1 Å². The van der Waals surface area contributed by atoms with Gasteiger partial charge in [0.25, 0.3) is 0 Å². The second-order valence-corrected chi connectivity index (χ2v) is 5.79. The zero-order valence-electron chi connectivity index (χ0n) is 12.6. The van der Waals surface area contributed by atoms with Crippen LogP contribution in [0.5, 0.6) is 0 Å². The minimum atomic E-state index is -0.394. The second-order valence-electron chi connectivity index (χ2n) is 5.79. The molecule has 5 heteroatoms. The van der Waals surface area contributed by atoms with Crippen LogP contribution in [0.4, 0.5) is 0 Å². The molecule has 0 radical (unpaired) electrons. The van der Waals surface area contributed by atoms with Crippen LogP contribution in [0.3, 0.4) is 0 Å². The van der Waals surface area contributed by atoms with E-state index in [1.165, 1.54) is 0 Å². The summed E-state index contributed by atoms with van der Waals surface area (Å²) in [4.78, 5) is 26.2. The average molecular weight is 289 g/mol. The highest BCUT2D eigenvalue weighted by Gasteiger charge is 2.35. The van der Waals surface area contributed by atoms with E-state index in [0.717, 1.165) is 5.56 Å². The van der Waals surface area contributed by atoms with E-state index in [1.54, 1.807) is 4.90 Å². The van der Waals surface area contributed by atoms with Crippen LogP contribution in [0.2, 0.25) is 0 Å². The molecule has 1 aliphatic rings. The Hall–Kier alpha value is -1.88. The molecule has 1 heterocycles. The third-order valence-electron chi connectivity index (χ3n) is 3.83. The van der Waals surface area contributed by atoms with Crippen LogP contribution in [0, 0.1) is 5.92 Å². The van der Waals surface area contributed by atoms with E-state index < -0.39 is 6.04 Å². The van der Waals surface area contributed by atoms with E-state index in [-0.39, 0.29) is 30.2 Å². The molecule has 0 aliphatic carbocycles. The van der Waals surface area contributed by atoms with Gasteiger partial charge in [0.2, 0.25) is 11.8 Å². The van der Waals surface area contributed by atoms with Crippen molar-refractivity contribution in [3.8, 4) is 0 Å². The molecular formula is C16H23N3O2. The number of nitrogens with one attached hydrogen (secondary N) is 1. The topological polar surface area (TPSA) is 75.4 Å². The maximum Gasteiger partial charge on any atom is 0.243 e. The molecule has 2 unspecified atom stereocenters. The van der Waals surface area contributed by atoms with E-state index in [4.69, 9.17) is 5.73 Å². The first-order chi connectivity index (χ1) is 10.0. The standard InChI is InChI=1S/C16H23N3O2/c1-11(2)15-16(21)18-8-9-19(15)14(20)10-13(17)12-6-4-3-5-7-12/h3-7,11,13,15H,8-10,17H2,1-2H3,(H,18,21). The molecule has 114 valence electrons. The van der Waals surface area contributed by atoms with Gasteiger partial charge in [-0.15, -0.1) is 0 Å². The lowest BCUT2D eigenvalue weighted by Gasteiger charge is -2.37. The molecule has 2 amide bonds. The van der Waals surface area contributed by atoms with Gasteiger partial charge in [-0.3, -0.25) is 9.59 Å². The first kappa shape index (κ1) is 15.5. The summed E-state index contributed by atoms with van der Waals surface area (Å²) in [7, 11) is 0. The summed E-state index contributed by atoms with van der Waals surface area (Å²) < 4.78 is 0. The highest BCUT2D eigenvalue weighted by atomic mass is 16.2. The summed E-state index contributed by atoms with van der Waals surface area (Å²) in [5.41, 5.74) is 7.05. The molecular weight excluding hydrogens is 266 g/mol. The molecule has 0 aromatic heterocycles. The Bertz CT molecular complexity index is 502. The molecule has 1 aromatic carbocycles. The zero-order chi connectivity index (χ0) is 15.4. The maximum absolute atomic E-state index is 12.5. The van der Waals surface area contributed by atoms with Gasteiger partial charge < -0.3 is 16.0 Å². The number of carbonyl (C=O) groups excluding carboxylic acids is 2. The van der Waals surface area contributed by atoms with Gasteiger partial charge in [0.1, 0.15) is 6.04 Å². The highest BCUT2D eigenvalue weighted by Crippen LogP contribution is 2.19. The average Bonchev–Trinajstić information content (AvgIpc) is 2.47. The zero-order valence-corrected chi connectivity index (χ0v) is 12.6. The van der Waals surface area contributed by atoms with Gasteiger partial charge in [-0.2, -0.15) is 0 Å². The summed E-state index contributed by atoms with van der Waals surface area (Å²) in [6, 6.07) is 8.84. The van der Waals surface area contributed by atoms with Crippen molar-refractivity contribution in [2.45, 2.75) is 32.4 Å². The van der Waals surface area contributed by atoms with Gasteiger partial charge in [-0.25, -0.2) is 0 Å². The molecule has 0 spiro atoms. The van der Waals surface area contributed by atoms with Crippen LogP contribution in [-0.4, -0.2) is 35.8 Å². The largest absolute Gasteiger partial charge is 0.353 e. The van der Waals surface area contributed by atoms with Crippen LogP contribution in [0.15, 0.2) is 30.3 Å². The fourth-order valence-electron chi connectivity index (χ4n) is 2.75. The number of amides is 2. The number of nitrogens with two attached hydrogens (primary N) is 1. The molecule has 5 nitrogen and oxygen atoms in total. The number of carbonyl (C=O) groups is 2. The SMILES string of the molecule is CC(C)C1C(=O)NCCN1C(=O)CC(N)c1ccccc1. The number of piperazine rings is 1. The van der Waals surface area contributed by atoms with E-state index in [0.29, 0.717) is 13.1 Å². The molecule has 2 atom stereocenters. The fraction of sp³-hybridized carbons (Fsp3) is 0.500. The second kappa shape index (κ2) is 6.72. The first-order valence-corrected chi connectivity index (χ1v) is 7.38. The van der Waals surface area contributed by atoms with Crippen molar-refractivity contribution in [1.82, 2.24) is 10.2 Å². The van der Waals surface area contributed by atoms with Gasteiger partial charge in [-0.05, 0) is 11.5 Å². The Morgan fingerprint density at radius 3 is 2.67 bits per heavy atom. The molecule has 21 heavy (non-hydrogen) atoms. The Balaban J connectivity index is 2.06. The molecule has 0 bridgehead atoms. The Morgan fingerprint density at radius 1 is 1.38 bits per heavy atom. The fourth-order valence-corrected chi connectivity index (χ4v) is 2.75. The van der Waals surface area contributed by atoms with Gasteiger partial charge in [-0.1, -0.05) is 44.2 Å². The highest BCUT2D eigenvalue weighted by molar-refractivity contribution is 5.89. The van der Waals surface area contributed by atoms with Gasteiger partial charge in [0.15, 0.2) is 0 Å². The van der Waals surface area contributed by atoms with Crippen molar-refractivity contribution in [2.75, 3.05) is 13.1 Å². The molecule has 1 saturated heterocycles. The van der Waals surface area contributed by atoms with Crippen molar-refractivity contribution in [1.29, 1.82) is 0 Å². The normalized spacial score (nSPS) is 20.3. The molecule has 3 N–H and O–H groups in total. The number of hydrogen-bond donors (Lipinski definition) is 2. The predicted molar refractivity (Wildman–Crippen MR) is 81.3 cm³/mol. The molecule has 2 rings (SSSR count). The van der Waals surface area contributed by atoms with Crippen LogP contribution in [0.25, 0.3) is 0 Å². The van der Waals surface area contributed by atoms with Crippen LogP contribution >= 0.6 is 0 Å². The summed E-state index contributed by atoms with van der Waals surface area (Å²) in [5, 5.41) is 2.82. The van der Waals surface area contributed by atoms with E-state index in [1.807, 2.05) is 44.2 Å². The van der Waals surface area contributed by atoms with Crippen molar-refractivity contribution < 1.29 is 9.59 Å². The number of nitrogens with zero attached hydrogens (tertiary/aromatic N) is 1. The lowest BCUT2D eigenvalue weighted by Crippen LogP contribution is -2.59. The van der Waals surface area contributed by atoms with Gasteiger partial charge >= 0.3 is 0 Å². The minimum Gasteiger partial charge on any atom is -0.353 e. The number of rotatable bonds is 4. The summed E-state index contributed by atoms with van der Waals surface area (Å²) in [6.07, 6.45) is 0.223. The predicted octanol–water partition coefficient (Wildman–Crippen LogP) is 1.06. The molecule has 0 saturated carbocycles. The number of benzene rings is 1. The maximum atomic E-state index is 12.5. The van der Waals surface area contributed by atoms with Crippen LogP contribution in [0.1, 0.15) is 31.9 Å². The van der Waals surface area contributed by atoms with Crippen molar-refractivity contribution in [3.63, 3.8) is 0 Å². The molecule has 1 aromatic rings. The molecule has 1 aliphatic heterocycles. The monoisotopic (exact) mass is 289 g/mol. The smallest absolute Gasteiger partial charge is 0.243 e. The summed E-state index contributed by atoms with van der Waals surface area (Å²) >= 11 is 0. The Kier molecular flexibility index (Phi) is 4.96. The Morgan fingerprint density at radius 2 is 2.05 bits per heavy atom. The van der Waals surface area contributed by atoms with Crippen molar-refractivity contribution in [3.05, 3.63) is 35.9 Å². The van der Waals surface area contributed by atoms with Crippen LogP contribution in [-0.2, 0) is 9.59 Å². The van der Waals surface area contributed by atoms with E-state index in [2.05, 4.69) is 5.32 Å². The van der Waals surface area contributed by atoms with Crippen molar-refractivity contribution in [2.24, 2.45) is 11.7 Å². The quantitative estimate of drug-likeness (QED) is 0.870. The third-order valence-corrected chi connectivity index (χ3v) is 3.83. The molecule has 1 fully saturated rings. The van der Waals surface area contributed by atoms with Gasteiger partial charge in [0.05, 0.1) is 0 Å². The Labute approximate surface area is 125 Å².